The van der Waals surface area contributed by atoms with Gasteiger partial charge in [-0.2, -0.15) is 0 Å². The Balaban J connectivity index is 1.80. The minimum Gasteiger partial charge on any atom is -0.366 e. The van der Waals surface area contributed by atoms with E-state index in [4.69, 9.17) is 0 Å². The summed E-state index contributed by atoms with van der Waals surface area (Å²) in [5.41, 5.74) is 3.79. The number of aromatic nitrogens is 2. The molecule has 3 nitrogen and oxygen atoms in total. The van der Waals surface area contributed by atoms with Gasteiger partial charge in [-0.1, -0.05) is 40.5 Å². The zero-order valence-electron chi connectivity index (χ0n) is 11.4. The second-order valence-electron chi connectivity index (χ2n) is 5.15. The Morgan fingerprint density at radius 2 is 1.90 bits per heavy atom. The molecule has 2 aromatic rings. The number of benzene rings is 1. The first-order valence-electron chi connectivity index (χ1n) is 7.14. The van der Waals surface area contributed by atoms with Gasteiger partial charge in [0.15, 0.2) is 0 Å². The zero-order chi connectivity index (χ0) is 13.8. The molecule has 0 radical (unpaired) electrons. The average molecular weight is 332 g/mol. The highest BCUT2D eigenvalue weighted by atomic mass is 79.9. The summed E-state index contributed by atoms with van der Waals surface area (Å²) in [6, 6.07) is 8.28. The van der Waals surface area contributed by atoms with Crippen LogP contribution < -0.4 is 5.32 Å². The lowest BCUT2D eigenvalue weighted by molar-refractivity contribution is 0.709. The fourth-order valence-electron chi connectivity index (χ4n) is 2.67. The van der Waals surface area contributed by atoms with Gasteiger partial charge in [-0.3, -0.25) is 0 Å². The van der Waals surface area contributed by atoms with Gasteiger partial charge in [0.2, 0.25) is 0 Å². The molecule has 0 aliphatic heterocycles. The van der Waals surface area contributed by atoms with Gasteiger partial charge in [0, 0.05) is 22.3 Å². The van der Waals surface area contributed by atoms with E-state index in [1.165, 1.54) is 36.1 Å². The van der Waals surface area contributed by atoms with Gasteiger partial charge < -0.3 is 5.32 Å². The molecule has 1 aromatic heterocycles. The van der Waals surface area contributed by atoms with E-state index >= 15 is 0 Å². The van der Waals surface area contributed by atoms with Crippen LogP contribution in [0.1, 0.15) is 36.1 Å². The first-order valence-corrected chi connectivity index (χ1v) is 7.94. The lowest BCUT2D eigenvalue weighted by Crippen LogP contribution is -2.08. The van der Waals surface area contributed by atoms with E-state index < -0.39 is 0 Å². The quantitative estimate of drug-likeness (QED) is 0.859. The van der Waals surface area contributed by atoms with E-state index in [-0.39, 0.29) is 0 Å². The molecule has 3 rings (SSSR count). The van der Waals surface area contributed by atoms with Crippen molar-refractivity contribution >= 4 is 21.7 Å². The average Bonchev–Trinajstić information content (AvgIpc) is 2.72. The summed E-state index contributed by atoms with van der Waals surface area (Å²) in [4.78, 5) is 8.89. The number of nitrogens with zero attached hydrogens (tertiary/aromatic N) is 2. The van der Waals surface area contributed by atoms with E-state index in [9.17, 15) is 0 Å². The third kappa shape index (κ3) is 3.01. The Hall–Kier alpha value is -1.42. The third-order valence-corrected chi connectivity index (χ3v) is 4.55. The molecule has 1 aliphatic carbocycles. The van der Waals surface area contributed by atoms with Gasteiger partial charge in [0.05, 0.1) is 0 Å². The molecule has 0 atom stereocenters. The maximum Gasteiger partial charge on any atom is 0.133 e. The van der Waals surface area contributed by atoms with E-state index in [1.807, 2.05) is 6.07 Å². The molecule has 1 aliphatic rings. The molecule has 1 N–H and O–H groups in total. The largest absolute Gasteiger partial charge is 0.366 e. The first kappa shape index (κ1) is 13.6. The predicted molar refractivity (Wildman–Crippen MR) is 84.8 cm³/mol. The Morgan fingerprint density at radius 1 is 1.05 bits per heavy atom. The van der Waals surface area contributed by atoms with E-state index in [0.29, 0.717) is 0 Å². The molecular weight excluding hydrogens is 314 g/mol. The van der Waals surface area contributed by atoms with Crippen molar-refractivity contribution in [3.8, 4) is 0 Å². The number of anilines is 1. The number of fused-ring (bicyclic) bond motifs is 1. The first-order chi connectivity index (χ1) is 9.84. The molecule has 0 unspecified atom stereocenters. The van der Waals surface area contributed by atoms with Gasteiger partial charge in [0.1, 0.15) is 12.1 Å². The van der Waals surface area contributed by atoms with Crippen LogP contribution in [-0.2, 0) is 19.4 Å². The van der Waals surface area contributed by atoms with Crippen molar-refractivity contribution in [3.63, 3.8) is 0 Å². The van der Waals surface area contributed by atoms with Crippen molar-refractivity contribution in [2.75, 3.05) is 5.32 Å². The molecule has 1 heterocycles. The van der Waals surface area contributed by atoms with Crippen molar-refractivity contribution in [2.45, 2.75) is 38.6 Å². The Labute approximate surface area is 128 Å². The summed E-state index contributed by atoms with van der Waals surface area (Å²) in [5, 5.41) is 3.48. The molecule has 4 heteroatoms. The molecule has 0 spiro atoms. The number of aryl methyl sites for hydroxylation is 1. The highest BCUT2D eigenvalue weighted by Crippen LogP contribution is 2.25. The molecule has 0 amide bonds. The van der Waals surface area contributed by atoms with Crippen molar-refractivity contribution in [1.29, 1.82) is 0 Å². The van der Waals surface area contributed by atoms with Gasteiger partial charge in [-0.25, -0.2) is 9.97 Å². The third-order valence-electron chi connectivity index (χ3n) is 3.78. The van der Waals surface area contributed by atoms with E-state index in [0.717, 1.165) is 29.7 Å². The Kier molecular flexibility index (Phi) is 4.31. The van der Waals surface area contributed by atoms with Gasteiger partial charge in [-0.15, -0.1) is 0 Å². The molecule has 0 saturated carbocycles. The lowest BCUT2D eigenvalue weighted by atomic mass is 10.1. The minimum absolute atomic E-state index is 0.783. The summed E-state index contributed by atoms with van der Waals surface area (Å²) in [5.74, 6) is 1.01. The molecule has 0 saturated heterocycles. The van der Waals surface area contributed by atoms with Crippen LogP contribution in [-0.4, -0.2) is 9.97 Å². The lowest BCUT2D eigenvalue weighted by Gasteiger charge is -2.13. The minimum atomic E-state index is 0.783. The van der Waals surface area contributed by atoms with E-state index in [2.05, 4.69) is 49.4 Å². The van der Waals surface area contributed by atoms with Gasteiger partial charge in [-0.05, 0) is 37.3 Å². The highest BCUT2D eigenvalue weighted by molar-refractivity contribution is 9.10. The predicted octanol–water partition coefficient (Wildman–Crippen LogP) is 4.12. The summed E-state index contributed by atoms with van der Waals surface area (Å²) in [6.07, 6.45) is 7.64. The number of hydrogen-bond donors (Lipinski definition) is 1. The molecule has 0 bridgehead atoms. The van der Waals surface area contributed by atoms with Crippen LogP contribution in [0.3, 0.4) is 0 Å². The van der Waals surface area contributed by atoms with Gasteiger partial charge >= 0.3 is 0 Å². The van der Waals surface area contributed by atoms with Crippen LogP contribution in [0.2, 0.25) is 0 Å². The number of halogens is 1. The number of hydrogen-bond acceptors (Lipinski definition) is 3. The maximum absolute atomic E-state index is 4.45. The number of nitrogens with one attached hydrogen (secondary N) is 1. The van der Waals surface area contributed by atoms with Crippen LogP contribution in [0.5, 0.6) is 0 Å². The molecule has 1 aromatic carbocycles. The van der Waals surface area contributed by atoms with Crippen molar-refractivity contribution < 1.29 is 0 Å². The van der Waals surface area contributed by atoms with Crippen LogP contribution in [0.4, 0.5) is 5.82 Å². The van der Waals surface area contributed by atoms with Crippen LogP contribution in [0.15, 0.2) is 35.1 Å². The molecule has 104 valence electrons. The van der Waals surface area contributed by atoms with Crippen molar-refractivity contribution in [1.82, 2.24) is 9.97 Å². The number of rotatable bonds is 3. The summed E-state index contributed by atoms with van der Waals surface area (Å²) in [7, 11) is 0. The Morgan fingerprint density at radius 3 is 2.80 bits per heavy atom. The van der Waals surface area contributed by atoms with Crippen LogP contribution >= 0.6 is 15.9 Å². The standard InChI is InChI=1S/C16H18BrN3/c17-14-8-5-4-6-12(14)10-18-16-13-7-2-1-3-9-15(13)19-11-20-16/h4-6,8,11H,1-3,7,9-10H2,(H,18,19,20). The fraction of sp³-hybridized carbons (Fsp3) is 0.375. The molecular formula is C16H18BrN3. The molecule has 20 heavy (non-hydrogen) atoms. The summed E-state index contributed by atoms with van der Waals surface area (Å²) in [6.45, 7) is 0.783. The summed E-state index contributed by atoms with van der Waals surface area (Å²) >= 11 is 3.58. The van der Waals surface area contributed by atoms with Crippen molar-refractivity contribution in [2.24, 2.45) is 0 Å². The summed E-state index contributed by atoms with van der Waals surface area (Å²) < 4.78 is 1.13. The van der Waals surface area contributed by atoms with Crippen LogP contribution in [0.25, 0.3) is 0 Å². The fourth-order valence-corrected chi connectivity index (χ4v) is 3.10. The second-order valence-corrected chi connectivity index (χ2v) is 6.01. The van der Waals surface area contributed by atoms with E-state index in [1.54, 1.807) is 6.33 Å². The normalized spacial score (nSPS) is 14.4. The van der Waals surface area contributed by atoms with Crippen molar-refractivity contribution in [3.05, 3.63) is 51.9 Å². The maximum atomic E-state index is 4.45. The molecule has 0 fully saturated rings. The monoisotopic (exact) mass is 331 g/mol. The SMILES string of the molecule is Brc1ccccc1CNc1ncnc2c1CCCCC2. The topological polar surface area (TPSA) is 37.8 Å². The van der Waals surface area contributed by atoms with Gasteiger partial charge in [0.25, 0.3) is 0 Å². The Bertz CT molecular complexity index is 598. The van der Waals surface area contributed by atoms with Crippen LogP contribution in [0, 0.1) is 0 Å². The smallest absolute Gasteiger partial charge is 0.133 e. The highest BCUT2D eigenvalue weighted by Gasteiger charge is 2.14. The second kappa shape index (κ2) is 6.35. The zero-order valence-corrected chi connectivity index (χ0v) is 13.0.